The third-order valence-electron chi connectivity index (χ3n) is 2.80. The molecule has 0 unspecified atom stereocenters. The van der Waals surface area contributed by atoms with Crippen LogP contribution in [0.4, 0.5) is 0 Å². The molecule has 0 amide bonds. The lowest BCUT2D eigenvalue weighted by atomic mass is 9.97. The van der Waals surface area contributed by atoms with E-state index in [1.54, 1.807) is 0 Å². The average Bonchev–Trinajstić information content (AvgIpc) is 2.67. The molecule has 0 spiro atoms. The monoisotopic (exact) mass is 208 g/mol. The van der Waals surface area contributed by atoms with Crippen LogP contribution < -0.4 is 0 Å². The highest BCUT2D eigenvalue weighted by Crippen LogP contribution is 2.33. The van der Waals surface area contributed by atoms with Gasteiger partial charge in [-0.2, -0.15) is 0 Å². The number of benzene rings is 1. The largest absolute Gasteiger partial charge is 0.371 e. The van der Waals surface area contributed by atoms with Gasteiger partial charge in [-0.3, -0.25) is 0 Å². The van der Waals surface area contributed by atoms with Crippen molar-refractivity contribution in [3.63, 3.8) is 0 Å². The van der Waals surface area contributed by atoms with Crippen LogP contribution in [0.1, 0.15) is 24.5 Å². The number of halogens is 1. The van der Waals surface area contributed by atoms with Crippen molar-refractivity contribution in [3.05, 3.63) is 34.9 Å². The van der Waals surface area contributed by atoms with Gasteiger partial charge >= 0.3 is 0 Å². The summed E-state index contributed by atoms with van der Waals surface area (Å²) in [6.45, 7) is 0. The predicted octanol–water partition coefficient (Wildman–Crippen LogP) is 2.61. The van der Waals surface area contributed by atoms with Crippen molar-refractivity contribution < 1.29 is 4.74 Å². The zero-order valence-electron chi connectivity index (χ0n) is 8.37. The Morgan fingerprint density at radius 2 is 2.00 bits per heavy atom. The smallest absolute Gasteiger partial charge is 0.104 e. The Labute approximate surface area is 90.8 Å². The molecule has 0 bridgehead atoms. The van der Waals surface area contributed by atoms with E-state index in [1.807, 2.05) is 12.1 Å². The quantitative estimate of drug-likeness (QED) is 0.679. The van der Waals surface area contributed by atoms with Crippen molar-refractivity contribution in [3.8, 4) is 0 Å². The van der Waals surface area contributed by atoms with Gasteiger partial charge in [0.15, 0.2) is 0 Å². The zero-order chi connectivity index (χ0) is 9.97. The van der Waals surface area contributed by atoms with E-state index in [-0.39, 0.29) is 6.10 Å². The summed E-state index contributed by atoms with van der Waals surface area (Å²) in [6.07, 6.45) is 4.18. The van der Waals surface area contributed by atoms with Gasteiger partial charge in [0.1, 0.15) is 7.85 Å². The molecule has 3 heteroatoms. The minimum Gasteiger partial charge on any atom is -0.371 e. The summed E-state index contributed by atoms with van der Waals surface area (Å²) in [5, 5.41) is 0.791. The lowest BCUT2D eigenvalue weighted by molar-refractivity contribution is 0.0559. The molecule has 0 saturated carbocycles. The molecule has 1 saturated heterocycles. The van der Waals surface area contributed by atoms with Gasteiger partial charge in [0.05, 0.1) is 12.2 Å². The van der Waals surface area contributed by atoms with E-state index in [0.717, 1.165) is 17.8 Å². The van der Waals surface area contributed by atoms with Crippen LogP contribution in [-0.4, -0.2) is 14.0 Å². The molecule has 0 N–H and O–H groups in total. The molecule has 1 aromatic rings. The first kappa shape index (κ1) is 10.1. The first-order valence-electron chi connectivity index (χ1n) is 5.20. The summed E-state index contributed by atoms with van der Waals surface area (Å²) in [6, 6.07) is 7.98. The van der Waals surface area contributed by atoms with E-state index in [9.17, 15) is 0 Å². The van der Waals surface area contributed by atoms with Crippen LogP contribution in [0.3, 0.4) is 0 Å². The second-order valence-electron chi connectivity index (χ2n) is 3.78. The van der Waals surface area contributed by atoms with Crippen molar-refractivity contribution in [1.82, 2.24) is 0 Å². The van der Waals surface area contributed by atoms with Crippen molar-refractivity contribution in [2.24, 2.45) is 0 Å². The van der Waals surface area contributed by atoms with Crippen LogP contribution in [0.5, 0.6) is 0 Å². The van der Waals surface area contributed by atoms with Crippen LogP contribution in [0.15, 0.2) is 24.3 Å². The molecule has 14 heavy (non-hydrogen) atoms. The van der Waals surface area contributed by atoms with Crippen molar-refractivity contribution in [2.75, 3.05) is 0 Å². The Bertz CT molecular complexity index is 299. The fourth-order valence-corrected chi connectivity index (χ4v) is 2.05. The molecule has 1 heterocycles. The molecule has 1 aromatic carbocycles. The van der Waals surface area contributed by atoms with Crippen molar-refractivity contribution >= 4 is 19.4 Å². The highest BCUT2D eigenvalue weighted by Gasteiger charge is 2.24. The van der Waals surface area contributed by atoms with Gasteiger partial charge in [-0.25, -0.2) is 0 Å². The van der Waals surface area contributed by atoms with Gasteiger partial charge in [0.25, 0.3) is 0 Å². The van der Waals surface area contributed by atoms with Gasteiger partial charge in [-0.15, -0.1) is 0 Å². The van der Waals surface area contributed by atoms with Crippen LogP contribution in [-0.2, 0) is 4.74 Å². The predicted molar refractivity (Wildman–Crippen MR) is 61.7 cm³/mol. The van der Waals surface area contributed by atoms with E-state index in [2.05, 4.69) is 20.0 Å². The van der Waals surface area contributed by atoms with E-state index in [4.69, 9.17) is 16.3 Å². The molecule has 2 rings (SSSR count). The Hall–Kier alpha value is -0.465. The minimum absolute atomic E-state index is 0.289. The highest BCUT2D eigenvalue weighted by molar-refractivity contribution is 6.30. The van der Waals surface area contributed by atoms with Gasteiger partial charge in [0.2, 0.25) is 0 Å². The number of ether oxygens (including phenoxy) is 1. The first-order chi connectivity index (χ1) is 6.79. The fraction of sp³-hybridized carbons (Fsp3) is 0.455. The SMILES string of the molecule is BC[C@H]1CC[C@@H](c2ccc(Cl)cc2)O1. The molecule has 1 fully saturated rings. The Morgan fingerprint density at radius 3 is 2.57 bits per heavy atom. The molecular formula is C11H14BClO. The maximum Gasteiger partial charge on any atom is 0.104 e. The number of rotatable bonds is 2. The van der Waals surface area contributed by atoms with E-state index >= 15 is 0 Å². The second-order valence-corrected chi connectivity index (χ2v) is 4.22. The van der Waals surface area contributed by atoms with Gasteiger partial charge in [-0.05, 0) is 30.5 Å². The summed E-state index contributed by atoms with van der Waals surface area (Å²) in [5.74, 6) is 0. The molecule has 74 valence electrons. The molecule has 1 nitrogen and oxygen atoms in total. The van der Waals surface area contributed by atoms with E-state index in [0.29, 0.717) is 6.10 Å². The lowest BCUT2D eigenvalue weighted by Crippen LogP contribution is -2.04. The Balaban J connectivity index is 2.06. The lowest BCUT2D eigenvalue weighted by Gasteiger charge is -2.12. The molecule has 1 aliphatic rings. The molecular weight excluding hydrogens is 194 g/mol. The first-order valence-corrected chi connectivity index (χ1v) is 5.58. The Morgan fingerprint density at radius 1 is 1.29 bits per heavy atom. The maximum atomic E-state index is 5.89. The molecule has 0 radical (unpaired) electrons. The van der Waals surface area contributed by atoms with Gasteiger partial charge in [-0.1, -0.05) is 30.1 Å². The van der Waals surface area contributed by atoms with Crippen LogP contribution in [0.25, 0.3) is 0 Å². The number of hydrogen-bond donors (Lipinski definition) is 0. The van der Waals surface area contributed by atoms with Crippen LogP contribution >= 0.6 is 11.6 Å². The van der Waals surface area contributed by atoms with Crippen LogP contribution in [0, 0.1) is 0 Å². The summed E-state index contributed by atoms with van der Waals surface area (Å²) in [4.78, 5) is 0. The highest BCUT2D eigenvalue weighted by atomic mass is 35.5. The van der Waals surface area contributed by atoms with Gasteiger partial charge < -0.3 is 4.74 Å². The van der Waals surface area contributed by atoms with Crippen molar-refractivity contribution in [2.45, 2.75) is 31.4 Å². The summed E-state index contributed by atoms with van der Waals surface area (Å²) in [5.41, 5.74) is 1.25. The van der Waals surface area contributed by atoms with Crippen molar-refractivity contribution in [1.29, 1.82) is 0 Å². The molecule has 2 atom stereocenters. The average molecular weight is 208 g/mol. The van der Waals surface area contributed by atoms with E-state index in [1.165, 1.54) is 12.0 Å². The third-order valence-corrected chi connectivity index (χ3v) is 3.06. The van der Waals surface area contributed by atoms with E-state index < -0.39 is 0 Å². The minimum atomic E-state index is 0.289. The standard InChI is InChI=1S/C11H14BClO/c12-7-10-5-6-11(14-10)8-1-3-9(13)4-2-8/h1-4,10-11H,5-7,12H2/t10-,11+/m1/s1. The maximum absolute atomic E-state index is 5.89. The van der Waals surface area contributed by atoms with Gasteiger partial charge in [0, 0.05) is 5.02 Å². The number of hydrogen-bond acceptors (Lipinski definition) is 1. The summed E-state index contributed by atoms with van der Waals surface area (Å²) >= 11 is 5.83. The normalized spacial score (nSPS) is 26.6. The van der Waals surface area contributed by atoms with Crippen LogP contribution in [0.2, 0.25) is 11.3 Å². The molecule has 0 aromatic heterocycles. The zero-order valence-corrected chi connectivity index (χ0v) is 9.13. The summed E-state index contributed by atoms with van der Waals surface area (Å²) < 4.78 is 5.89. The summed E-state index contributed by atoms with van der Waals surface area (Å²) in [7, 11) is 2.18. The topological polar surface area (TPSA) is 9.23 Å². The fourth-order valence-electron chi connectivity index (χ4n) is 1.93. The molecule has 0 aliphatic carbocycles. The molecule has 1 aliphatic heterocycles. The second kappa shape index (κ2) is 4.37. The Kier molecular flexibility index (Phi) is 3.14. The third kappa shape index (κ3) is 2.13.